The van der Waals surface area contributed by atoms with Gasteiger partial charge < -0.3 is 15.2 Å². The van der Waals surface area contributed by atoms with E-state index in [0.717, 1.165) is 0 Å². The molecule has 2 aromatic carbocycles. The van der Waals surface area contributed by atoms with Crippen LogP contribution in [0.15, 0.2) is 70.2 Å². The molecular formula is C23H16ClFN2O3. The number of allylic oxidation sites excluding steroid dienone is 2. The first-order valence-corrected chi connectivity index (χ1v) is 9.51. The maximum Gasteiger partial charge on any atom is 0.336 e. The summed E-state index contributed by atoms with van der Waals surface area (Å²) in [4.78, 5) is 15.7. The van der Waals surface area contributed by atoms with E-state index in [2.05, 4.69) is 22.2 Å². The van der Waals surface area contributed by atoms with Crippen LogP contribution in [0.3, 0.4) is 0 Å². The SMILES string of the molecule is Cc1ccc(OC2=NC3C=C(Cl)C(C#Cc4ccccc4F)=CC3N2)cc1C(=O)O. The molecule has 2 atom stereocenters. The van der Waals surface area contributed by atoms with Crippen LogP contribution in [-0.4, -0.2) is 29.2 Å². The standard InChI is InChI=1S/C23H16ClFN2O3/c1-13-6-9-16(11-17(13)22(28)29)30-23-26-20-10-15(18(24)12-21(20)27-23)8-7-14-4-2-3-5-19(14)25/h2-6,9-12,20-21H,1H3,(H,26,27)(H,28,29). The summed E-state index contributed by atoms with van der Waals surface area (Å²) in [5.74, 6) is 4.65. The molecule has 150 valence electrons. The fraction of sp³-hybridized carbons (Fsp3) is 0.130. The third-order valence-corrected chi connectivity index (χ3v) is 5.03. The minimum Gasteiger partial charge on any atom is -0.478 e. The van der Waals surface area contributed by atoms with Crippen molar-refractivity contribution in [2.24, 2.45) is 4.99 Å². The van der Waals surface area contributed by atoms with Crippen LogP contribution in [0.2, 0.25) is 0 Å². The lowest BCUT2D eigenvalue weighted by atomic mass is 9.99. The average molecular weight is 423 g/mol. The molecule has 0 fully saturated rings. The number of aliphatic imine (C=N–C) groups is 1. The molecule has 0 amide bonds. The Bertz CT molecular complexity index is 1190. The van der Waals surface area contributed by atoms with Gasteiger partial charge in [0.05, 0.1) is 28.2 Å². The third-order valence-electron chi connectivity index (χ3n) is 4.70. The largest absolute Gasteiger partial charge is 0.478 e. The van der Waals surface area contributed by atoms with Crippen LogP contribution >= 0.6 is 11.6 Å². The van der Waals surface area contributed by atoms with Gasteiger partial charge in [-0.3, -0.25) is 0 Å². The fourth-order valence-corrected chi connectivity index (χ4v) is 3.36. The van der Waals surface area contributed by atoms with Crippen LogP contribution in [0.5, 0.6) is 5.75 Å². The summed E-state index contributed by atoms with van der Waals surface area (Å²) in [5, 5.41) is 12.8. The first kappa shape index (κ1) is 19.7. The van der Waals surface area contributed by atoms with Crippen molar-refractivity contribution in [2.75, 3.05) is 0 Å². The van der Waals surface area contributed by atoms with Gasteiger partial charge in [-0.1, -0.05) is 41.6 Å². The van der Waals surface area contributed by atoms with Gasteiger partial charge in [-0.25, -0.2) is 14.2 Å². The zero-order valence-corrected chi connectivity index (χ0v) is 16.6. The van der Waals surface area contributed by atoms with E-state index in [-0.39, 0.29) is 23.7 Å². The Kier molecular flexibility index (Phi) is 5.30. The predicted molar refractivity (Wildman–Crippen MR) is 112 cm³/mol. The monoisotopic (exact) mass is 422 g/mol. The molecule has 1 aliphatic heterocycles. The molecule has 0 saturated heterocycles. The highest BCUT2D eigenvalue weighted by Crippen LogP contribution is 2.27. The normalized spacial score (nSPS) is 19.4. The fourth-order valence-electron chi connectivity index (χ4n) is 3.12. The van der Waals surface area contributed by atoms with E-state index in [0.29, 0.717) is 27.5 Å². The third kappa shape index (κ3) is 4.07. The number of nitrogens with one attached hydrogen (secondary N) is 1. The lowest BCUT2D eigenvalue weighted by Crippen LogP contribution is -2.36. The summed E-state index contributed by atoms with van der Waals surface area (Å²) in [5.41, 5.74) is 1.66. The Morgan fingerprint density at radius 2 is 2.03 bits per heavy atom. The highest BCUT2D eigenvalue weighted by Gasteiger charge is 2.31. The number of aromatic carboxylic acids is 1. The molecule has 2 unspecified atom stereocenters. The molecule has 30 heavy (non-hydrogen) atoms. The van der Waals surface area contributed by atoms with Crippen molar-refractivity contribution in [1.29, 1.82) is 0 Å². The molecule has 0 bridgehead atoms. The van der Waals surface area contributed by atoms with E-state index >= 15 is 0 Å². The number of carbonyl (C=O) groups is 1. The molecular weight excluding hydrogens is 407 g/mol. The number of halogens is 2. The number of amidine groups is 1. The predicted octanol–water partition coefficient (Wildman–Crippen LogP) is 4.02. The van der Waals surface area contributed by atoms with E-state index in [1.165, 1.54) is 12.1 Å². The molecule has 1 heterocycles. The zero-order chi connectivity index (χ0) is 21.3. The van der Waals surface area contributed by atoms with Crippen molar-refractivity contribution in [3.8, 4) is 17.6 Å². The van der Waals surface area contributed by atoms with Gasteiger partial charge in [0.25, 0.3) is 6.02 Å². The molecule has 2 aliphatic rings. The van der Waals surface area contributed by atoms with Crippen LogP contribution in [0.4, 0.5) is 4.39 Å². The van der Waals surface area contributed by atoms with Crippen LogP contribution < -0.4 is 10.1 Å². The number of hydrogen-bond donors (Lipinski definition) is 2. The summed E-state index contributed by atoms with van der Waals surface area (Å²) < 4.78 is 19.5. The number of hydrogen-bond acceptors (Lipinski definition) is 4. The van der Waals surface area contributed by atoms with Crippen LogP contribution in [-0.2, 0) is 0 Å². The highest BCUT2D eigenvalue weighted by atomic mass is 35.5. The molecule has 0 aromatic heterocycles. The van der Waals surface area contributed by atoms with Crippen molar-refractivity contribution < 1.29 is 19.0 Å². The lowest BCUT2D eigenvalue weighted by molar-refractivity contribution is 0.0695. The van der Waals surface area contributed by atoms with Crippen LogP contribution in [0.1, 0.15) is 21.5 Å². The summed E-state index contributed by atoms with van der Waals surface area (Å²) >= 11 is 6.33. The molecule has 0 spiro atoms. The molecule has 4 rings (SSSR count). The summed E-state index contributed by atoms with van der Waals surface area (Å²) in [6, 6.07) is 10.8. The van der Waals surface area contributed by atoms with E-state index in [9.17, 15) is 14.3 Å². The minimum atomic E-state index is -1.02. The van der Waals surface area contributed by atoms with Gasteiger partial charge in [-0.2, -0.15) is 0 Å². The van der Waals surface area contributed by atoms with E-state index < -0.39 is 11.8 Å². The summed E-state index contributed by atoms with van der Waals surface area (Å²) in [6.07, 6.45) is 3.57. The lowest BCUT2D eigenvalue weighted by Gasteiger charge is -2.17. The second kappa shape index (κ2) is 8.05. The Hall–Kier alpha value is -3.56. The number of benzene rings is 2. The topological polar surface area (TPSA) is 70.9 Å². The summed E-state index contributed by atoms with van der Waals surface area (Å²) in [6.45, 7) is 1.72. The maximum absolute atomic E-state index is 13.8. The Morgan fingerprint density at radius 3 is 2.80 bits per heavy atom. The number of nitrogens with zero attached hydrogens (tertiary/aromatic N) is 1. The van der Waals surface area contributed by atoms with Crippen LogP contribution in [0, 0.1) is 24.6 Å². The van der Waals surface area contributed by atoms with Gasteiger partial charge in [0.15, 0.2) is 0 Å². The second-order valence-corrected chi connectivity index (χ2v) is 7.21. The molecule has 2 N–H and O–H groups in total. The van der Waals surface area contributed by atoms with Gasteiger partial charge in [-0.15, -0.1) is 0 Å². The van der Waals surface area contributed by atoms with Gasteiger partial charge in [0.2, 0.25) is 0 Å². The number of fused-ring (bicyclic) bond motifs is 1. The molecule has 5 nitrogen and oxygen atoms in total. The first-order valence-electron chi connectivity index (χ1n) is 9.13. The smallest absolute Gasteiger partial charge is 0.336 e. The molecule has 0 saturated carbocycles. The van der Waals surface area contributed by atoms with Crippen molar-refractivity contribution in [1.82, 2.24) is 5.32 Å². The van der Waals surface area contributed by atoms with Crippen molar-refractivity contribution in [2.45, 2.75) is 19.0 Å². The van der Waals surface area contributed by atoms with Crippen LogP contribution in [0.25, 0.3) is 0 Å². The van der Waals surface area contributed by atoms with E-state index in [1.54, 1.807) is 43.3 Å². The maximum atomic E-state index is 13.8. The average Bonchev–Trinajstić information content (AvgIpc) is 3.09. The van der Waals surface area contributed by atoms with Gasteiger partial charge in [0.1, 0.15) is 11.6 Å². The summed E-state index contributed by atoms with van der Waals surface area (Å²) in [7, 11) is 0. The molecule has 2 aromatic rings. The van der Waals surface area contributed by atoms with Crippen molar-refractivity contribution in [3.63, 3.8) is 0 Å². The van der Waals surface area contributed by atoms with E-state index in [4.69, 9.17) is 16.3 Å². The quantitative estimate of drug-likeness (QED) is 0.717. The Labute approximate surface area is 177 Å². The van der Waals surface area contributed by atoms with Gasteiger partial charge in [0, 0.05) is 5.57 Å². The van der Waals surface area contributed by atoms with Crippen molar-refractivity contribution in [3.05, 3.63) is 87.7 Å². The van der Waals surface area contributed by atoms with Gasteiger partial charge in [-0.05, 0) is 48.9 Å². The number of carboxylic acid groups (broad SMARTS) is 1. The number of rotatable bonds is 2. The number of aryl methyl sites for hydroxylation is 1. The molecule has 0 radical (unpaired) electrons. The Morgan fingerprint density at radius 1 is 1.23 bits per heavy atom. The number of carboxylic acids is 1. The number of ether oxygens (including phenoxy) is 1. The minimum absolute atomic E-state index is 0.164. The molecule has 7 heteroatoms. The second-order valence-electron chi connectivity index (χ2n) is 6.80. The Balaban J connectivity index is 1.51. The first-order chi connectivity index (χ1) is 14.4. The van der Waals surface area contributed by atoms with Gasteiger partial charge >= 0.3 is 5.97 Å². The molecule has 1 aliphatic carbocycles. The van der Waals surface area contributed by atoms with Crippen molar-refractivity contribution >= 4 is 23.6 Å². The highest BCUT2D eigenvalue weighted by molar-refractivity contribution is 6.32. The van der Waals surface area contributed by atoms with E-state index in [1.807, 2.05) is 6.08 Å². The zero-order valence-electron chi connectivity index (χ0n) is 15.8.